The van der Waals surface area contributed by atoms with Gasteiger partial charge in [-0.05, 0) is 25.1 Å². The fraction of sp³-hybridized carbons (Fsp3) is 0.105. The Balaban J connectivity index is 1.93. The van der Waals surface area contributed by atoms with E-state index in [1.807, 2.05) is 60.7 Å². The first-order valence-corrected chi connectivity index (χ1v) is 8.13. The van der Waals surface area contributed by atoms with Gasteiger partial charge in [0.25, 0.3) is 5.91 Å². The van der Waals surface area contributed by atoms with Gasteiger partial charge < -0.3 is 4.74 Å². The Kier molecular flexibility index (Phi) is 5.28. The van der Waals surface area contributed by atoms with Crippen molar-refractivity contribution in [1.29, 1.82) is 0 Å². The highest BCUT2D eigenvalue weighted by molar-refractivity contribution is 5.95. The van der Waals surface area contributed by atoms with Gasteiger partial charge in [0.1, 0.15) is 5.69 Å². The molecule has 0 saturated heterocycles. The molecule has 0 atom stereocenters. The summed E-state index contributed by atoms with van der Waals surface area (Å²) >= 11 is 0. The molecular formula is C19H18N4O3. The molecule has 0 bridgehead atoms. The maximum Gasteiger partial charge on any atom is 0.426 e. The summed E-state index contributed by atoms with van der Waals surface area (Å²) < 4.78 is 6.26. The van der Waals surface area contributed by atoms with Gasteiger partial charge in [-0.1, -0.05) is 48.5 Å². The molecule has 2 amide bonds. The summed E-state index contributed by atoms with van der Waals surface area (Å²) in [6, 6.07) is 20.5. The van der Waals surface area contributed by atoms with Crippen LogP contribution in [0.15, 0.2) is 66.7 Å². The van der Waals surface area contributed by atoms with Crippen molar-refractivity contribution in [2.45, 2.75) is 6.92 Å². The van der Waals surface area contributed by atoms with Gasteiger partial charge in [0, 0.05) is 5.56 Å². The molecule has 3 rings (SSSR count). The number of hydrogen-bond donors (Lipinski definition) is 2. The van der Waals surface area contributed by atoms with E-state index in [-0.39, 0.29) is 12.3 Å². The lowest BCUT2D eigenvalue weighted by molar-refractivity contribution is 0.0905. The summed E-state index contributed by atoms with van der Waals surface area (Å²) in [4.78, 5) is 23.9. The number of hydrazine groups is 1. The predicted molar refractivity (Wildman–Crippen MR) is 96.6 cm³/mol. The van der Waals surface area contributed by atoms with Crippen LogP contribution in [0.2, 0.25) is 0 Å². The highest BCUT2D eigenvalue weighted by Crippen LogP contribution is 2.21. The third-order valence-corrected chi connectivity index (χ3v) is 3.57. The molecule has 1 aromatic heterocycles. The van der Waals surface area contributed by atoms with Crippen LogP contribution in [0.5, 0.6) is 0 Å². The van der Waals surface area contributed by atoms with Crippen LogP contribution in [0.25, 0.3) is 16.9 Å². The molecule has 2 aromatic carbocycles. The van der Waals surface area contributed by atoms with Gasteiger partial charge in [-0.15, -0.1) is 0 Å². The molecule has 132 valence electrons. The Morgan fingerprint density at radius 2 is 1.65 bits per heavy atom. The maximum absolute atomic E-state index is 12.5. The Labute approximate surface area is 150 Å². The standard InChI is InChI=1S/C19H18N4O3/c1-2-26-19(25)21-20-18(24)17-13-16(14-9-5-3-6-10-14)22-23(17)15-11-7-4-8-12-15/h3-13H,2H2,1H3,(H,20,24)(H,21,25). The molecule has 3 aromatic rings. The average molecular weight is 350 g/mol. The largest absolute Gasteiger partial charge is 0.449 e. The van der Waals surface area contributed by atoms with Crippen molar-refractivity contribution in [2.24, 2.45) is 0 Å². The van der Waals surface area contributed by atoms with Crippen LogP contribution in [-0.4, -0.2) is 28.4 Å². The first-order chi connectivity index (χ1) is 12.7. The van der Waals surface area contributed by atoms with E-state index in [0.717, 1.165) is 11.3 Å². The third kappa shape index (κ3) is 3.89. The average Bonchev–Trinajstić information content (AvgIpc) is 3.13. The number of carbonyl (C=O) groups excluding carboxylic acids is 2. The van der Waals surface area contributed by atoms with Crippen molar-refractivity contribution >= 4 is 12.0 Å². The van der Waals surface area contributed by atoms with Crippen LogP contribution in [0, 0.1) is 0 Å². The molecular weight excluding hydrogens is 332 g/mol. The molecule has 0 aliphatic heterocycles. The molecule has 1 heterocycles. The molecule has 0 radical (unpaired) electrons. The lowest BCUT2D eigenvalue weighted by atomic mass is 10.1. The van der Waals surface area contributed by atoms with E-state index in [1.54, 1.807) is 13.0 Å². The summed E-state index contributed by atoms with van der Waals surface area (Å²) in [6.45, 7) is 1.89. The number of amides is 2. The third-order valence-electron chi connectivity index (χ3n) is 3.57. The summed E-state index contributed by atoms with van der Waals surface area (Å²) in [6.07, 6.45) is -0.727. The molecule has 2 N–H and O–H groups in total. The summed E-state index contributed by atoms with van der Waals surface area (Å²) in [5.74, 6) is -0.503. The van der Waals surface area contributed by atoms with Gasteiger partial charge in [-0.25, -0.2) is 14.9 Å². The van der Waals surface area contributed by atoms with Crippen molar-refractivity contribution in [3.8, 4) is 16.9 Å². The van der Waals surface area contributed by atoms with Gasteiger partial charge in [-0.2, -0.15) is 5.10 Å². The van der Waals surface area contributed by atoms with E-state index < -0.39 is 12.0 Å². The zero-order chi connectivity index (χ0) is 18.4. The fourth-order valence-corrected chi connectivity index (χ4v) is 2.40. The topological polar surface area (TPSA) is 85.2 Å². The van der Waals surface area contributed by atoms with Crippen molar-refractivity contribution in [3.05, 3.63) is 72.4 Å². The lowest BCUT2D eigenvalue weighted by Crippen LogP contribution is -2.42. The minimum absolute atomic E-state index is 0.210. The quantitative estimate of drug-likeness (QED) is 0.709. The van der Waals surface area contributed by atoms with Crippen LogP contribution >= 0.6 is 0 Å². The SMILES string of the molecule is CCOC(=O)NNC(=O)c1cc(-c2ccccc2)nn1-c1ccccc1. The second kappa shape index (κ2) is 7.98. The number of ether oxygens (including phenoxy) is 1. The van der Waals surface area contributed by atoms with Crippen molar-refractivity contribution in [2.75, 3.05) is 6.61 Å². The molecule has 0 aliphatic rings. The number of benzene rings is 2. The summed E-state index contributed by atoms with van der Waals surface area (Å²) in [5, 5.41) is 4.55. The van der Waals surface area contributed by atoms with Crippen LogP contribution < -0.4 is 10.9 Å². The van der Waals surface area contributed by atoms with Crippen molar-refractivity contribution in [3.63, 3.8) is 0 Å². The summed E-state index contributed by atoms with van der Waals surface area (Å²) in [5.41, 5.74) is 7.09. The first-order valence-electron chi connectivity index (χ1n) is 8.13. The van der Waals surface area contributed by atoms with Crippen LogP contribution in [-0.2, 0) is 4.74 Å². The number of rotatable bonds is 4. The number of nitrogens with one attached hydrogen (secondary N) is 2. The second-order valence-corrected chi connectivity index (χ2v) is 5.33. The van der Waals surface area contributed by atoms with E-state index in [9.17, 15) is 9.59 Å². The number of para-hydroxylation sites is 1. The van der Waals surface area contributed by atoms with E-state index in [0.29, 0.717) is 5.69 Å². The smallest absolute Gasteiger partial charge is 0.426 e. The van der Waals surface area contributed by atoms with Crippen molar-refractivity contribution < 1.29 is 14.3 Å². The van der Waals surface area contributed by atoms with Crippen LogP contribution in [0.1, 0.15) is 17.4 Å². The monoisotopic (exact) mass is 350 g/mol. The second-order valence-electron chi connectivity index (χ2n) is 5.33. The number of aromatic nitrogens is 2. The number of carbonyl (C=O) groups is 2. The zero-order valence-electron chi connectivity index (χ0n) is 14.2. The molecule has 26 heavy (non-hydrogen) atoms. The van der Waals surface area contributed by atoms with E-state index in [4.69, 9.17) is 4.74 Å². The number of nitrogens with zero attached hydrogens (tertiary/aromatic N) is 2. The van der Waals surface area contributed by atoms with Crippen LogP contribution in [0.3, 0.4) is 0 Å². The molecule has 0 aliphatic carbocycles. The maximum atomic E-state index is 12.5. The Morgan fingerprint density at radius 3 is 2.31 bits per heavy atom. The van der Waals surface area contributed by atoms with Gasteiger partial charge in [0.2, 0.25) is 0 Å². The number of hydrogen-bond acceptors (Lipinski definition) is 4. The Morgan fingerprint density at radius 1 is 1.00 bits per heavy atom. The van der Waals surface area contributed by atoms with Gasteiger partial charge in [-0.3, -0.25) is 10.2 Å². The molecule has 7 heteroatoms. The van der Waals surface area contributed by atoms with E-state index >= 15 is 0 Å². The molecule has 0 saturated carbocycles. The van der Waals surface area contributed by atoms with Crippen molar-refractivity contribution in [1.82, 2.24) is 20.6 Å². The highest BCUT2D eigenvalue weighted by Gasteiger charge is 2.18. The van der Waals surface area contributed by atoms with Gasteiger partial charge in [0.15, 0.2) is 0 Å². The molecule has 0 unspecified atom stereocenters. The highest BCUT2D eigenvalue weighted by atomic mass is 16.5. The normalized spacial score (nSPS) is 10.2. The minimum atomic E-state index is -0.727. The fourth-order valence-electron chi connectivity index (χ4n) is 2.40. The molecule has 7 nitrogen and oxygen atoms in total. The van der Waals surface area contributed by atoms with E-state index in [2.05, 4.69) is 16.0 Å². The first kappa shape index (κ1) is 17.2. The van der Waals surface area contributed by atoms with Gasteiger partial charge >= 0.3 is 6.09 Å². The van der Waals surface area contributed by atoms with Gasteiger partial charge in [0.05, 0.1) is 18.0 Å². The Hall–Kier alpha value is -3.61. The predicted octanol–water partition coefficient (Wildman–Crippen LogP) is 2.93. The minimum Gasteiger partial charge on any atom is -0.449 e. The zero-order valence-corrected chi connectivity index (χ0v) is 14.2. The Bertz CT molecular complexity index is 892. The van der Waals surface area contributed by atoms with Crippen LogP contribution in [0.4, 0.5) is 4.79 Å². The summed E-state index contributed by atoms with van der Waals surface area (Å²) in [7, 11) is 0. The molecule has 0 spiro atoms. The lowest BCUT2D eigenvalue weighted by Gasteiger charge is -2.09. The molecule has 0 fully saturated rings. The van der Waals surface area contributed by atoms with E-state index in [1.165, 1.54) is 4.68 Å².